The molecule has 2 N–H and O–H groups in total. The zero-order valence-corrected chi connectivity index (χ0v) is 12.6. The van der Waals surface area contributed by atoms with Gasteiger partial charge in [0.25, 0.3) is 0 Å². The van der Waals surface area contributed by atoms with Crippen LogP contribution in [0.5, 0.6) is 0 Å². The minimum Gasteiger partial charge on any atom is -0.463 e. The molecule has 0 radical (unpaired) electrons. The van der Waals surface area contributed by atoms with Crippen molar-refractivity contribution in [3.05, 3.63) is 35.1 Å². The molecule has 0 saturated carbocycles. The number of hydrogen-bond acceptors (Lipinski definition) is 5. The highest BCUT2D eigenvalue weighted by Gasteiger charge is 2.23. The van der Waals surface area contributed by atoms with Crippen LogP contribution < -0.4 is 5.32 Å². The minimum absolute atomic E-state index is 0.359. The molecule has 114 valence electrons. The molecule has 2 heterocycles. The largest absolute Gasteiger partial charge is 0.463 e. The quantitative estimate of drug-likeness (QED) is 0.906. The van der Waals surface area contributed by atoms with Crippen LogP contribution in [-0.4, -0.2) is 22.7 Å². The Morgan fingerprint density at radius 1 is 1.41 bits per heavy atom. The number of furan rings is 1. The monoisotopic (exact) mass is 297 g/mol. The molecular formula is C17H19N3O2. The number of nitrogens with zero attached hydrogens (tertiary/aromatic N) is 2. The molecule has 0 amide bonds. The third-order valence-electron chi connectivity index (χ3n) is 3.95. The average Bonchev–Trinajstić information content (AvgIpc) is 3.05. The van der Waals surface area contributed by atoms with Gasteiger partial charge < -0.3 is 14.8 Å². The second kappa shape index (κ2) is 6.20. The van der Waals surface area contributed by atoms with E-state index in [-0.39, 0.29) is 0 Å². The number of aromatic nitrogens is 1. The molecule has 1 aliphatic carbocycles. The molecule has 5 nitrogen and oxygen atoms in total. The van der Waals surface area contributed by atoms with E-state index in [2.05, 4.69) is 16.4 Å². The normalized spacial score (nSPS) is 15.0. The molecule has 0 bridgehead atoms. The molecule has 0 spiro atoms. The molecule has 1 unspecified atom stereocenters. The first-order valence-electron chi connectivity index (χ1n) is 7.62. The predicted octanol–water partition coefficient (Wildman–Crippen LogP) is 2.88. The van der Waals surface area contributed by atoms with Gasteiger partial charge in [0, 0.05) is 6.54 Å². The van der Waals surface area contributed by atoms with Crippen molar-refractivity contribution >= 4 is 5.82 Å². The topological polar surface area (TPSA) is 82.1 Å². The van der Waals surface area contributed by atoms with Gasteiger partial charge >= 0.3 is 0 Å². The second-order valence-electron chi connectivity index (χ2n) is 5.67. The van der Waals surface area contributed by atoms with Gasteiger partial charge in [0.2, 0.25) is 0 Å². The zero-order chi connectivity index (χ0) is 15.5. The van der Waals surface area contributed by atoms with Crippen molar-refractivity contribution in [3.8, 4) is 17.5 Å². The van der Waals surface area contributed by atoms with E-state index in [0.717, 1.165) is 48.3 Å². The summed E-state index contributed by atoms with van der Waals surface area (Å²) in [6, 6.07) is 6.01. The van der Waals surface area contributed by atoms with E-state index in [1.807, 2.05) is 12.1 Å². The Morgan fingerprint density at radius 3 is 2.82 bits per heavy atom. The summed E-state index contributed by atoms with van der Waals surface area (Å²) in [4.78, 5) is 4.63. The summed E-state index contributed by atoms with van der Waals surface area (Å²) in [5, 5.41) is 22.1. The van der Waals surface area contributed by atoms with Crippen LogP contribution in [0.4, 0.5) is 5.82 Å². The van der Waals surface area contributed by atoms with Crippen LogP contribution in [0, 0.1) is 11.3 Å². The van der Waals surface area contributed by atoms with Gasteiger partial charge in [0.05, 0.1) is 17.9 Å². The second-order valence-corrected chi connectivity index (χ2v) is 5.67. The molecule has 2 aromatic heterocycles. The standard InChI is InChI=1S/C17H19N3O2/c1-11(21)10-19-17-14(9-18)12-5-2-3-6-13(12)16(20-17)15-7-4-8-22-15/h4,7-8,11,21H,2-3,5-6,10H2,1H3,(H,19,20). The number of rotatable bonds is 4. The van der Waals surface area contributed by atoms with Crippen LogP contribution in [0.2, 0.25) is 0 Å². The zero-order valence-electron chi connectivity index (χ0n) is 12.6. The van der Waals surface area contributed by atoms with Crippen molar-refractivity contribution in [2.24, 2.45) is 0 Å². The average molecular weight is 297 g/mol. The fourth-order valence-electron chi connectivity index (χ4n) is 2.93. The summed E-state index contributed by atoms with van der Waals surface area (Å²) in [5.74, 6) is 1.26. The SMILES string of the molecule is CC(O)CNc1nc(-c2ccco2)c2c(c1C#N)CCCC2. The van der Waals surface area contributed by atoms with E-state index in [1.165, 1.54) is 0 Å². The summed E-state index contributed by atoms with van der Waals surface area (Å²) in [5.41, 5.74) is 3.61. The molecule has 2 aromatic rings. The lowest BCUT2D eigenvalue weighted by molar-refractivity contribution is 0.208. The van der Waals surface area contributed by atoms with Gasteiger partial charge in [0.15, 0.2) is 5.76 Å². The molecule has 22 heavy (non-hydrogen) atoms. The Balaban J connectivity index is 2.14. The molecule has 3 rings (SSSR count). The molecule has 5 heteroatoms. The number of fused-ring (bicyclic) bond motifs is 1. The van der Waals surface area contributed by atoms with Crippen molar-refractivity contribution in [1.29, 1.82) is 5.26 Å². The third kappa shape index (κ3) is 2.70. The molecular weight excluding hydrogens is 278 g/mol. The van der Waals surface area contributed by atoms with Crippen molar-refractivity contribution < 1.29 is 9.52 Å². The smallest absolute Gasteiger partial charge is 0.152 e. The highest BCUT2D eigenvalue weighted by molar-refractivity contribution is 5.69. The van der Waals surface area contributed by atoms with E-state index in [0.29, 0.717) is 17.9 Å². The summed E-state index contributed by atoms with van der Waals surface area (Å²) >= 11 is 0. The van der Waals surface area contributed by atoms with Crippen molar-refractivity contribution in [2.45, 2.75) is 38.7 Å². The molecule has 0 aliphatic heterocycles. The predicted molar refractivity (Wildman–Crippen MR) is 83.5 cm³/mol. The van der Waals surface area contributed by atoms with Gasteiger partial charge in [-0.15, -0.1) is 0 Å². The van der Waals surface area contributed by atoms with E-state index >= 15 is 0 Å². The van der Waals surface area contributed by atoms with Crippen LogP contribution in [0.1, 0.15) is 36.5 Å². The third-order valence-corrected chi connectivity index (χ3v) is 3.95. The molecule has 1 aliphatic rings. The van der Waals surface area contributed by atoms with Crippen molar-refractivity contribution in [1.82, 2.24) is 4.98 Å². The van der Waals surface area contributed by atoms with Gasteiger partial charge in [-0.1, -0.05) is 0 Å². The van der Waals surface area contributed by atoms with E-state index in [9.17, 15) is 10.4 Å². The molecule has 0 saturated heterocycles. The highest BCUT2D eigenvalue weighted by Crippen LogP contribution is 2.35. The maximum Gasteiger partial charge on any atom is 0.152 e. The van der Waals surface area contributed by atoms with Gasteiger partial charge in [-0.05, 0) is 55.9 Å². The number of hydrogen-bond donors (Lipinski definition) is 2. The fraction of sp³-hybridized carbons (Fsp3) is 0.412. The number of nitriles is 1. The van der Waals surface area contributed by atoms with Crippen LogP contribution in [0.3, 0.4) is 0 Å². The Labute approximate surface area is 129 Å². The van der Waals surface area contributed by atoms with Crippen LogP contribution in [0.15, 0.2) is 22.8 Å². The van der Waals surface area contributed by atoms with Crippen LogP contribution in [-0.2, 0) is 12.8 Å². The Morgan fingerprint density at radius 2 is 2.18 bits per heavy atom. The number of aliphatic hydroxyl groups excluding tert-OH is 1. The fourth-order valence-corrected chi connectivity index (χ4v) is 2.93. The molecule has 0 aromatic carbocycles. The Bertz CT molecular complexity index is 700. The lowest BCUT2D eigenvalue weighted by Gasteiger charge is -2.22. The summed E-state index contributed by atoms with van der Waals surface area (Å²) in [6.45, 7) is 2.06. The Kier molecular flexibility index (Phi) is 4.12. The number of nitrogens with one attached hydrogen (secondary N) is 1. The first-order chi connectivity index (χ1) is 10.7. The van der Waals surface area contributed by atoms with Gasteiger partial charge in [-0.3, -0.25) is 0 Å². The first kappa shape index (κ1) is 14.6. The van der Waals surface area contributed by atoms with E-state index in [1.54, 1.807) is 13.2 Å². The summed E-state index contributed by atoms with van der Waals surface area (Å²) in [7, 11) is 0. The molecule has 1 atom stereocenters. The number of aliphatic hydroxyl groups is 1. The van der Waals surface area contributed by atoms with Crippen molar-refractivity contribution in [3.63, 3.8) is 0 Å². The molecule has 0 fully saturated rings. The maximum atomic E-state index is 9.55. The van der Waals surface area contributed by atoms with Gasteiger partial charge in [-0.2, -0.15) is 5.26 Å². The summed E-state index contributed by atoms with van der Waals surface area (Å²) < 4.78 is 5.52. The van der Waals surface area contributed by atoms with E-state index < -0.39 is 6.10 Å². The van der Waals surface area contributed by atoms with Gasteiger partial charge in [0.1, 0.15) is 17.6 Å². The lowest BCUT2D eigenvalue weighted by Crippen LogP contribution is -2.19. The lowest BCUT2D eigenvalue weighted by atomic mass is 9.87. The van der Waals surface area contributed by atoms with Crippen molar-refractivity contribution in [2.75, 3.05) is 11.9 Å². The van der Waals surface area contributed by atoms with Gasteiger partial charge in [-0.25, -0.2) is 4.98 Å². The van der Waals surface area contributed by atoms with Crippen LogP contribution >= 0.6 is 0 Å². The number of anilines is 1. The Hall–Kier alpha value is -2.32. The highest BCUT2D eigenvalue weighted by atomic mass is 16.3. The summed E-state index contributed by atoms with van der Waals surface area (Å²) in [6.07, 6.45) is 5.12. The first-order valence-corrected chi connectivity index (χ1v) is 7.62. The van der Waals surface area contributed by atoms with E-state index in [4.69, 9.17) is 4.42 Å². The minimum atomic E-state index is -0.503. The maximum absolute atomic E-state index is 9.55. The van der Waals surface area contributed by atoms with Crippen LogP contribution in [0.25, 0.3) is 11.5 Å². The number of pyridine rings is 1.